The van der Waals surface area contributed by atoms with E-state index in [1.165, 1.54) is 6.42 Å². The fourth-order valence-corrected chi connectivity index (χ4v) is 1.20. The summed E-state index contributed by atoms with van der Waals surface area (Å²) in [6.07, 6.45) is 1.19. The van der Waals surface area contributed by atoms with Crippen molar-refractivity contribution in [3.05, 3.63) is 0 Å². The molecule has 0 bridgehead atoms. The standard InChI is InChI=1S/C6H14N2.C2H6/c1-5-2-6(7)4-8-3-5;1-2/h5-6,8H,2-4,7H2,1H3;1-2H3. The third kappa shape index (κ3) is 3.85. The molecule has 1 aliphatic heterocycles. The van der Waals surface area contributed by atoms with Crippen LogP contribution < -0.4 is 11.1 Å². The molecule has 3 N–H and O–H groups in total. The minimum atomic E-state index is 0.402. The molecule has 0 aromatic heterocycles. The average molecular weight is 144 g/mol. The van der Waals surface area contributed by atoms with Gasteiger partial charge in [-0.2, -0.15) is 0 Å². The lowest BCUT2D eigenvalue weighted by atomic mass is 9.99. The zero-order valence-corrected chi connectivity index (χ0v) is 7.35. The van der Waals surface area contributed by atoms with Gasteiger partial charge in [0, 0.05) is 12.6 Å². The third-order valence-corrected chi connectivity index (χ3v) is 1.60. The zero-order chi connectivity index (χ0) is 7.98. The fourth-order valence-electron chi connectivity index (χ4n) is 1.20. The molecular formula is C8H20N2. The van der Waals surface area contributed by atoms with Crippen LogP contribution >= 0.6 is 0 Å². The Bertz CT molecular complexity index is 65.7. The van der Waals surface area contributed by atoms with Gasteiger partial charge in [0.15, 0.2) is 0 Å². The van der Waals surface area contributed by atoms with E-state index in [-0.39, 0.29) is 0 Å². The smallest absolute Gasteiger partial charge is 0.0168 e. The van der Waals surface area contributed by atoms with Gasteiger partial charge in [0.1, 0.15) is 0 Å². The first-order valence-corrected chi connectivity index (χ1v) is 4.25. The normalized spacial score (nSPS) is 32.4. The Balaban J connectivity index is 0.000000371. The van der Waals surface area contributed by atoms with Gasteiger partial charge in [-0.05, 0) is 18.9 Å². The molecule has 1 heterocycles. The molecule has 1 aliphatic rings. The molecule has 1 fully saturated rings. The van der Waals surface area contributed by atoms with E-state index in [1.807, 2.05) is 13.8 Å². The fraction of sp³-hybridized carbons (Fsp3) is 1.00. The highest BCUT2D eigenvalue weighted by Gasteiger charge is 2.13. The lowest BCUT2D eigenvalue weighted by Crippen LogP contribution is -2.43. The van der Waals surface area contributed by atoms with Gasteiger partial charge in [0.25, 0.3) is 0 Å². The monoisotopic (exact) mass is 144 g/mol. The van der Waals surface area contributed by atoms with Crippen molar-refractivity contribution < 1.29 is 0 Å². The molecule has 0 radical (unpaired) electrons. The van der Waals surface area contributed by atoms with Crippen molar-refractivity contribution in [2.24, 2.45) is 11.7 Å². The highest BCUT2D eigenvalue weighted by molar-refractivity contribution is 4.75. The van der Waals surface area contributed by atoms with Gasteiger partial charge >= 0.3 is 0 Å². The Morgan fingerprint density at radius 3 is 2.20 bits per heavy atom. The minimum absolute atomic E-state index is 0.402. The summed E-state index contributed by atoms with van der Waals surface area (Å²) in [7, 11) is 0. The van der Waals surface area contributed by atoms with Crippen molar-refractivity contribution in [2.75, 3.05) is 13.1 Å². The van der Waals surface area contributed by atoms with Gasteiger partial charge in [0.05, 0.1) is 0 Å². The first-order chi connectivity index (χ1) is 4.79. The van der Waals surface area contributed by atoms with Crippen LogP contribution in [0.15, 0.2) is 0 Å². The number of piperidine rings is 1. The second-order valence-corrected chi connectivity index (χ2v) is 2.76. The number of nitrogens with two attached hydrogens (primary N) is 1. The van der Waals surface area contributed by atoms with Crippen LogP contribution in [0.3, 0.4) is 0 Å². The quantitative estimate of drug-likeness (QED) is 0.531. The Labute approximate surface area is 64.2 Å². The van der Waals surface area contributed by atoms with Crippen molar-refractivity contribution in [1.82, 2.24) is 5.32 Å². The molecule has 2 unspecified atom stereocenters. The second kappa shape index (κ2) is 5.69. The largest absolute Gasteiger partial charge is 0.327 e. The van der Waals surface area contributed by atoms with Crippen LogP contribution in [0, 0.1) is 5.92 Å². The molecule has 10 heavy (non-hydrogen) atoms. The van der Waals surface area contributed by atoms with Crippen molar-refractivity contribution >= 4 is 0 Å². The van der Waals surface area contributed by atoms with Crippen molar-refractivity contribution in [3.63, 3.8) is 0 Å². The molecule has 0 aliphatic carbocycles. The van der Waals surface area contributed by atoms with E-state index in [0.29, 0.717) is 6.04 Å². The highest BCUT2D eigenvalue weighted by atomic mass is 14.9. The van der Waals surface area contributed by atoms with Crippen LogP contribution in [-0.4, -0.2) is 19.1 Å². The second-order valence-electron chi connectivity index (χ2n) is 2.76. The first kappa shape index (κ1) is 9.92. The number of nitrogens with one attached hydrogen (secondary N) is 1. The highest BCUT2D eigenvalue weighted by Crippen LogP contribution is 2.06. The zero-order valence-electron chi connectivity index (χ0n) is 7.35. The summed E-state index contributed by atoms with van der Waals surface area (Å²) in [4.78, 5) is 0. The third-order valence-electron chi connectivity index (χ3n) is 1.60. The van der Waals surface area contributed by atoms with Gasteiger partial charge in [-0.15, -0.1) is 0 Å². The minimum Gasteiger partial charge on any atom is -0.327 e. The summed E-state index contributed by atoms with van der Waals surface area (Å²) < 4.78 is 0. The number of hydrogen-bond donors (Lipinski definition) is 2. The first-order valence-electron chi connectivity index (χ1n) is 4.25. The van der Waals surface area contributed by atoms with Crippen LogP contribution in [0.4, 0.5) is 0 Å². The van der Waals surface area contributed by atoms with E-state index in [2.05, 4.69) is 12.2 Å². The van der Waals surface area contributed by atoms with Gasteiger partial charge in [-0.1, -0.05) is 20.8 Å². The van der Waals surface area contributed by atoms with Crippen LogP contribution in [0.2, 0.25) is 0 Å². The number of rotatable bonds is 0. The molecule has 0 aromatic rings. The Morgan fingerprint density at radius 2 is 1.90 bits per heavy atom. The summed E-state index contributed by atoms with van der Waals surface area (Å²) in [6.45, 7) is 8.38. The maximum Gasteiger partial charge on any atom is 0.0168 e. The summed E-state index contributed by atoms with van der Waals surface area (Å²) in [5, 5.41) is 3.26. The summed E-state index contributed by atoms with van der Waals surface area (Å²) in [5.74, 6) is 0.777. The van der Waals surface area contributed by atoms with Gasteiger partial charge in [-0.3, -0.25) is 0 Å². The van der Waals surface area contributed by atoms with Gasteiger partial charge in [-0.25, -0.2) is 0 Å². The van der Waals surface area contributed by atoms with E-state index in [1.54, 1.807) is 0 Å². The molecular weight excluding hydrogens is 124 g/mol. The Hall–Kier alpha value is -0.0800. The molecule has 62 valence electrons. The predicted molar refractivity (Wildman–Crippen MR) is 46.0 cm³/mol. The maximum atomic E-state index is 5.66. The van der Waals surface area contributed by atoms with Crippen LogP contribution in [0.5, 0.6) is 0 Å². The SMILES string of the molecule is CC.CC1CNCC(N)C1. The lowest BCUT2D eigenvalue weighted by molar-refractivity contribution is 0.364. The molecule has 2 nitrogen and oxygen atoms in total. The van der Waals surface area contributed by atoms with E-state index in [0.717, 1.165) is 19.0 Å². The summed E-state index contributed by atoms with van der Waals surface area (Å²) in [5.41, 5.74) is 5.66. The van der Waals surface area contributed by atoms with Gasteiger partial charge < -0.3 is 11.1 Å². The van der Waals surface area contributed by atoms with Crippen LogP contribution in [0.1, 0.15) is 27.2 Å². The Kier molecular flexibility index (Phi) is 5.64. The molecule has 1 saturated heterocycles. The van der Waals surface area contributed by atoms with E-state index in [9.17, 15) is 0 Å². The molecule has 0 amide bonds. The van der Waals surface area contributed by atoms with Crippen molar-refractivity contribution in [3.8, 4) is 0 Å². The molecule has 0 saturated carbocycles. The number of hydrogen-bond acceptors (Lipinski definition) is 2. The van der Waals surface area contributed by atoms with Gasteiger partial charge in [0.2, 0.25) is 0 Å². The molecule has 0 aromatic carbocycles. The van der Waals surface area contributed by atoms with E-state index < -0.39 is 0 Å². The van der Waals surface area contributed by atoms with Crippen molar-refractivity contribution in [2.45, 2.75) is 33.2 Å². The lowest BCUT2D eigenvalue weighted by Gasteiger charge is -2.24. The van der Waals surface area contributed by atoms with Crippen molar-refractivity contribution in [1.29, 1.82) is 0 Å². The molecule has 2 atom stereocenters. The predicted octanol–water partition coefficient (Wildman–Crippen LogP) is 0.969. The van der Waals surface area contributed by atoms with Crippen LogP contribution in [0.25, 0.3) is 0 Å². The Morgan fingerprint density at radius 1 is 1.30 bits per heavy atom. The maximum absolute atomic E-state index is 5.66. The summed E-state index contributed by atoms with van der Waals surface area (Å²) in [6, 6.07) is 0.402. The average Bonchev–Trinajstić information content (AvgIpc) is 1.91. The van der Waals surface area contributed by atoms with E-state index >= 15 is 0 Å². The topological polar surface area (TPSA) is 38.0 Å². The van der Waals surface area contributed by atoms with Crippen LogP contribution in [-0.2, 0) is 0 Å². The molecule has 0 spiro atoms. The molecule has 2 heteroatoms. The summed E-state index contributed by atoms with van der Waals surface area (Å²) >= 11 is 0. The molecule has 1 rings (SSSR count). The van der Waals surface area contributed by atoms with E-state index in [4.69, 9.17) is 5.73 Å².